The van der Waals surface area contributed by atoms with E-state index in [2.05, 4.69) is 15.5 Å². The molecule has 0 unspecified atom stereocenters. The molecule has 3 aromatic rings. The number of aryl methyl sites for hydroxylation is 1. The van der Waals surface area contributed by atoms with E-state index < -0.39 is 0 Å². The molecular weight excluding hydrogens is 390 g/mol. The van der Waals surface area contributed by atoms with Gasteiger partial charge in [0.1, 0.15) is 22.3 Å². The Morgan fingerprint density at radius 2 is 1.79 bits per heavy atom. The van der Waals surface area contributed by atoms with Crippen molar-refractivity contribution in [3.63, 3.8) is 0 Å². The first-order chi connectivity index (χ1) is 14.0. The van der Waals surface area contributed by atoms with Crippen LogP contribution < -0.4 is 14.9 Å². The van der Waals surface area contributed by atoms with E-state index in [0.29, 0.717) is 17.2 Å². The van der Waals surface area contributed by atoms with Crippen LogP contribution in [0.2, 0.25) is 0 Å². The summed E-state index contributed by atoms with van der Waals surface area (Å²) in [4.78, 5) is 17.5. The molecule has 1 amide bonds. The number of rotatable bonds is 7. The fourth-order valence-electron chi connectivity index (χ4n) is 2.51. The van der Waals surface area contributed by atoms with Gasteiger partial charge in [0.15, 0.2) is 6.61 Å². The van der Waals surface area contributed by atoms with Gasteiger partial charge in [0.2, 0.25) is 0 Å². The predicted octanol–water partition coefficient (Wildman–Crippen LogP) is 3.75. The number of aromatic hydroxyl groups is 1. The maximum Gasteiger partial charge on any atom is 0.277 e. The van der Waals surface area contributed by atoms with Gasteiger partial charge in [-0.25, -0.2) is 10.4 Å². The Morgan fingerprint density at radius 1 is 1.14 bits per heavy atom. The second-order valence-electron chi connectivity index (χ2n) is 6.18. The predicted molar refractivity (Wildman–Crippen MR) is 113 cm³/mol. The Kier molecular flexibility index (Phi) is 6.46. The lowest BCUT2D eigenvalue weighted by atomic mass is 10.2. The molecule has 7 nitrogen and oxygen atoms in total. The quantitative estimate of drug-likeness (QED) is 0.456. The average molecular weight is 411 g/mol. The third-order valence-corrected chi connectivity index (χ3v) is 5.33. The number of thiazole rings is 1. The molecule has 0 aliphatic heterocycles. The van der Waals surface area contributed by atoms with Crippen LogP contribution >= 0.6 is 11.3 Å². The molecule has 1 aromatic heterocycles. The molecule has 29 heavy (non-hydrogen) atoms. The highest BCUT2D eigenvalue weighted by Crippen LogP contribution is 2.29. The number of amides is 1. The zero-order chi connectivity index (χ0) is 20.8. The topological polar surface area (TPSA) is 93.0 Å². The number of hydrazone groups is 1. The van der Waals surface area contributed by atoms with Gasteiger partial charge in [0, 0.05) is 5.56 Å². The van der Waals surface area contributed by atoms with Gasteiger partial charge in [-0.05, 0) is 62.4 Å². The van der Waals surface area contributed by atoms with Crippen LogP contribution in [0.5, 0.6) is 17.2 Å². The fraction of sp³-hybridized carbons (Fsp3) is 0.190. The van der Waals surface area contributed by atoms with Crippen LogP contribution in [-0.4, -0.2) is 35.4 Å². The number of nitrogens with one attached hydrogen (secondary N) is 1. The summed E-state index contributed by atoms with van der Waals surface area (Å²) in [7, 11) is 1.59. The van der Waals surface area contributed by atoms with Gasteiger partial charge >= 0.3 is 0 Å². The number of benzene rings is 2. The number of ether oxygens (including phenoxy) is 2. The largest absolute Gasteiger partial charge is 0.508 e. The molecule has 8 heteroatoms. The van der Waals surface area contributed by atoms with Crippen molar-refractivity contribution in [1.29, 1.82) is 0 Å². The molecule has 0 atom stereocenters. The molecule has 3 rings (SSSR count). The second kappa shape index (κ2) is 9.20. The lowest BCUT2D eigenvalue weighted by Crippen LogP contribution is -2.25. The highest BCUT2D eigenvalue weighted by molar-refractivity contribution is 7.17. The number of phenolic OH excluding ortho intramolecular Hbond substituents is 1. The Labute approximate surface area is 172 Å². The molecule has 0 fully saturated rings. The van der Waals surface area contributed by atoms with Crippen molar-refractivity contribution >= 4 is 23.0 Å². The van der Waals surface area contributed by atoms with Gasteiger partial charge in [0.05, 0.1) is 23.4 Å². The van der Waals surface area contributed by atoms with Crippen LogP contribution in [0.3, 0.4) is 0 Å². The summed E-state index contributed by atoms with van der Waals surface area (Å²) >= 11 is 1.47. The Morgan fingerprint density at radius 3 is 2.45 bits per heavy atom. The smallest absolute Gasteiger partial charge is 0.277 e. The van der Waals surface area contributed by atoms with Crippen LogP contribution in [0.1, 0.15) is 17.5 Å². The second-order valence-corrected chi connectivity index (χ2v) is 7.18. The molecule has 0 aliphatic carbocycles. The van der Waals surface area contributed by atoms with Gasteiger partial charge in [-0.1, -0.05) is 0 Å². The van der Waals surface area contributed by atoms with Crippen LogP contribution in [-0.2, 0) is 4.79 Å². The lowest BCUT2D eigenvalue weighted by molar-refractivity contribution is -0.123. The lowest BCUT2D eigenvalue weighted by Gasteiger charge is -2.06. The van der Waals surface area contributed by atoms with Crippen LogP contribution in [0, 0.1) is 6.92 Å². The number of methoxy groups -OCH3 is 1. The van der Waals surface area contributed by atoms with E-state index in [9.17, 15) is 9.90 Å². The Hall–Kier alpha value is -3.39. The summed E-state index contributed by atoms with van der Waals surface area (Å²) in [6, 6.07) is 13.8. The van der Waals surface area contributed by atoms with Gasteiger partial charge in [0.25, 0.3) is 5.91 Å². The van der Waals surface area contributed by atoms with Crippen molar-refractivity contribution in [2.75, 3.05) is 13.7 Å². The molecule has 1 heterocycles. The summed E-state index contributed by atoms with van der Waals surface area (Å²) in [6.07, 6.45) is 0. The molecule has 0 radical (unpaired) electrons. The first-order valence-corrected chi connectivity index (χ1v) is 9.65. The first kappa shape index (κ1) is 20.3. The minimum absolute atomic E-state index is 0.149. The third-order valence-electron chi connectivity index (χ3n) is 4.02. The molecule has 0 saturated carbocycles. The highest BCUT2D eigenvalue weighted by Gasteiger charge is 2.12. The zero-order valence-corrected chi connectivity index (χ0v) is 17.1. The monoisotopic (exact) mass is 411 g/mol. The maximum absolute atomic E-state index is 12.0. The van der Waals surface area contributed by atoms with Gasteiger partial charge in [-0.2, -0.15) is 5.10 Å². The van der Waals surface area contributed by atoms with Crippen LogP contribution in [0.25, 0.3) is 10.6 Å². The normalized spacial score (nSPS) is 11.2. The number of phenols is 1. The SMILES string of the molecule is COc1ccc(OCC(=O)N/N=C(\C)c2sc(-c3ccc(O)cc3)nc2C)cc1. The fourth-order valence-corrected chi connectivity index (χ4v) is 3.53. The molecule has 0 bridgehead atoms. The van der Waals surface area contributed by atoms with Crippen molar-refractivity contribution in [3.05, 3.63) is 59.1 Å². The van der Waals surface area contributed by atoms with Crippen molar-refractivity contribution in [1.82, 2.24) is 10.4 Å². The van der Waals surface area contributed by atoms with Crippen LogP contribution in [0.4, 0.5) is 0 Å². The standard InChI is InChI=1S/C21H21N3O4S/c1-13-20(29-21(22-13)15-4-6-16(25)7-5-15)14(2)23-24-19(26)12-28-18-10-8-17(27-3)9-11-18/h4-11,25H,12H2,1-3H3,(H,24,26)/b23-14+. The molecule has 2 aromatic carbocycles. The van der Waals surface area contributed by atoms with Crippen LogP contribution in [0.15, 0.2) is 53.6 Å². The van der Waals surface area contributed by atoms with Gasteiger partial charge in [-0.15, -0.1) is 11.3 Å². The summed E-state index contributed by atoms with van der Waals surface area (Å²) in [5, 5.41) is 14.4. The Balaban J connectivity index is 1.60. The van der Waals surface area contributed by atoms with E-state index in [-0.39, 0.29) is 18.3 Å². The minimum Gasteiger partial charge on any atom is -0.508 e. The van der Waals surface area contributed by atoms with E-state index in [4.69, 9.17) is 9.47 Å². The van der Waals surface area contributed by atoms with E-state index in [1.807, 2.05) is 26.0 Å². The van der Waals surface area contributed by atoms with E-state index >= 15 is 0 Å². The number of carbonyl (C=O) groups is 1. The molecule has 2 N–H and O–H groups in total. The van der Waals surface area contributed by atoms with E-state index in [0.717, 1.165) is 21.1 Å². The summed E-state index contributed by atoms with van der Waals surface area (Å²) in [5.74, 6) is 1.13. The number of aromatic nitrogens is 1. The molecule has 0 spiro atoms. The third kappa shape index (κ3) is 5.32. The first-order valence-electron chi connectivity index (χ1n) is 8.83. The molecule has 0 saturated heterocycles. The van der Waals surface area contributed by atoms with E-state index in [1.165, 1.54) is 11.3 Å². The maximum atomic E-state index is 12.0. The number of nitrogens with zero attached hydrogens (tertiary/aromatic N) is 2. The van der Waals surface area contributed by atoms with Gasteiger partial charge in [-0.3, -0.25) is 4.79 Å². The number of hydrogen-bond acceptors (Lipinski definition) is 7. The number of carbonyl (C=O) groups excluding carboxylic acids is 1. The minimum atomic E-state index is -0.360. The summed E-state index contributed by atoms with van der Waals surface area (Å²) in [6.45, 7) is 3.55. The molecule has 150 valence electrons. The highest BCUT2D eigenvalue weighted by atomic mass is 32.1. The van der Waals surface area contributed by atoms with Crippen molar-refractivity contribution in [2.24, 2.45) is 5.10 Å². The van der Waals surface area contributed by atoms with Crippen molar-refractivity contribution < 1.29 is 19.4 Å². The molecule has 0 aliphatic rings. The summed E-state index contributed by atoms with van der Waals surface area (Å²) < 4.78 is 10.5. The Bertz CT molecular complexity index is 1010. The zero-order valence-electron chi connectivity index (χ0n) is 16.3. The van der Waals surface area contributed by atoms with Crippen molar-refractivity contribution in [3.8, 4) is 27.8 Å². The van der Waals surface area contributed by atoms with Gasteiger partial charge < -0.3 is 14.6 Å². The summed E-state index contributed by atoms with van der Waals surface area (Å²) in [5.41, 5.74) is 4.89. The number of hydrogen-bond donors (Lipinski definition) is 2. The van der Waals surface area contributed by atoms with E-state index in [1.54, 1.807) is 43.5 Å². The molecular formula is C21H21N3O4S. The van der Waals surface area contributed by atoms with Crippen molar-refractivity contribution in [2.45, 2.75) is 13.8 Å². The average Bonchev–Trinajstić information content (AvgIpc) is 3.13.